The smallest absolute Gasteiger partial charge is 0.0113 e. The van der Waals surface area contributed by atoms with Gasteiger partial charge in [-0.1, -0.05) is 68.7 Å². The van der Waals surface area contributed by atoms with Gasteiger partial charge in [-0.25, -0.2) is 0 Å². The second-order valence-corrected chi connectivity index (χ2v) is 8.83. The molecule has 0 amide bonds. The zero-order valence-electron chi connectivity index (χ0n) is 14.4. The van der Waals surface area contributed by atoms with Crippen molar-refractivity contribution >= 4 is 0 Å². The Morgan fingerprint density at radius 3 is 2.27 bits per heavy atom. The van der Waals surface area contributed by atoms with Crippen LogP contribution in [0.1, 0.15) is 89.9 Å². The fourth-order valence-corrected chi connectivity index (χ4v) is 6.08. The molecule has 0 aromatic carbocycles. The summed E-state index contributed by atoms with van der Waals surface area (Å²) in [4.78, 5) is 0. The topological polar surface area (TPSA) is 0 Å². The molecule has 3 fully saturated rings. The summed E-state index contributed by atoms with van der Waals surface area (Å²) in [5, 5.41) is 0. The first-order valence-electron chi connectivity index (χ1n) is 10.2. The molecule has 0 aromatic heterocycles. The molecule has 0 heterocycles. The second kappa shape index (κ2) is 6.54. The normalized spacial score (nSPS) is 46.4. The average molecular weight is 299 g/mol. The number of rotatable bonds is 0. The van der Waals surface area contributed by atoms with E-state index in [2.05, 4.69) is 18.2 Å². The van der Waals surface area contributed by atoms with Crippen molar-refractivity contribution in [1.29, 1.82) is 0 Å². The third kappa shape index (κ3) is 3.08. The SMILES string of the molecule is C1=C2/CCC2CCCC2(/C=C/C/1)CC1CCCCCCC1C2. The van der Waals surface area contributed by atoms with Gasteiger partial charge in [0, 0.05) is 0 Å². The van der Waals surface area contributed by atoms with Gasteiger partial charge in [-0.3, -0.25) is 0 Å². The Morgan fingerprint density at radius 1 is 0.818 bits per heavy atom. The molecule has 0 radical (unpaired) electrons. The average Bonchev–Trinajstić information content (AvgIpc) is 2.80. The van der Waals surface area contributed by atoms with Gasteiger partial charge in [-0.05, 0) is 68.1 Å². The molecule has 0 aliphatic heterocycles. The highest BCUT2D eigenvalue weighted by atomic mass is 14.5. The first-order chi connectivity index (χ1) is 10.8. The quantitative estimate of drug-likeness (QED) is 0.430. The molecule has 0 nitrogen and oxygen atoms in total. The highest BCUT2D eigenvalue weighted by Crippen LogP contribution is 2.54. The van der Waals surface area contributed by atoms with Crippen LogP contribution in [0.5, 0.6) is 0 Å². The molecule has 0 aromatic rings. The number of fused-ring (bicyclic) bond motifs is 2. The first kappa shape index (κ1) is 15.0. The Morgan fingerprint density at radius 2 is 1.59 bits per heavy atom. The minimum absolute atomic E-state index is 0.592. The summed E-state index contributed by atoms with van der Waals surface area (Å²) in [6, 6.07) is 0. The van der Waals surface area contributed by atoms with E-state index in [1.54, 1.807) is 5.57 Å². The van der Waals surface area contributed by atoms with Gasteiger partial charge >= 0.3 is 0 Å². The molecule has 4 aliphatic rings. The van der Waals surface area contributed by atoms with Crippen molar-refractivity contribution in [3.05, 3.63) is 23.8 Å². The lowest BCUT2D eigenvalue weighted by Crippen LogP contribution is -2.19. The monoisotopic (exact) mass is 298 g/mol. The second-order valence-electron chi connectivity index (χ2n) is 8.83. The number of allylic oxidation sites excluding steroid dienone is 4. The first-order valence-corrected chi connectivity index (χ1v) is 10.2. The van der Waals surface area contributed by atoms with Gasteiger partial charge in [0.1, 0.15) is 0 Å². The van der Waals surface area contributed by atoms with Crippen LogP contribution in [0.2, 0.25) is 0 Å². The van der Waals surface area contributed by atoms with E-state index in [1.165, 1.54) is 89.9 Å². The number of hydrogen-bond acceptors (Lipinski definition) is 0. The molecule has 0 bridgehead atoms. The van der Waals surface area contributed by atoms with Gasteiger partial charge in [0.15, 0.2) is 0 Å². The molecule has 1 spiro atoms. The third-order valence-electron chi connectivity index (χ3n) is 7.42. The molecular formula is C22H34. The van der Waals surface area contributed by atoms with Crippen molar-refractivity contribution in [3.8, 4) is 0 Å². The Labute approximate surface area is 137 Å². The maximum Gasteiger partial charge on any atom is -0.0113 e. The van der Waals surface area contributed by atoms with Gasteiger partial charge in [-0.15, -0.1) is 0 Å². The summed E-state index contributed by atoms with van der Waals surface area (Å²) >= 11 is 0. The van der Waals surface area contributed by atoms with Crippen LogP contribution in [0.3, 0.4) is 0 Å². The van der Waals surface area contributed by atoms with Gasteiger partial charge in [-0.2, -0.15) is 0 Å². The van der Waals surface area contributed by atoms with Gasteiger partial charge in [0.25, 0.3) is 0 Å². The summed E-state index contributed by atoms with van der Waals surface area (Å²) < 4.78 is 0. The van der Waals surface area contributed by atoms with Crippen LogP contribution in [0, 0.1) is 23.2 Å². The Bertz CT molecular complexity index is 425. The van der Waals surface area contributed by atoms with Crippen LogP contribution in [0.4, 0.5) is 0 Å². The standard InChI is InChI=1S/C22H34/c1-2-4-10-21-17-22(16-20(21)9-3-1)14-6-5-8-18-12-13-19(18)11-7-15-22/h6,8,14,19-21H,1-5,7,9-13,15-17H2/b14-6+,18-8-. The molecule has 0 heteroatoms. The van der Waals surface area contributed by atoms with Crippen LogP contribution < -0.4 is 0 Å². The number of hydrogen-bond donors (Lipinski definition) is 0. The molecule has 4 aliphatic carbocycles. The van der Waals surface area contributed by atoms with Crippen molar-refractivity contribution in [3.63, 3.8) is 0 Å². The van der Waals surface area contributed by atoms with Crippen molar-refractivity contribution in [2.45, 2.75) is 89.9 Å². The van der Waals surface area contributed by atoms with E-state index in [0.29, 0.717) is 5.41 Å². The molecular weight excluding hydrogens is 264 g/mol. The molecule has 3 atom stereocenters. The van der Waals surface area contributed by atoms with Crippen molar-refractivity contribution in [2.24, 2.45) is 23.2 Å². The Balaban J connectivity index is 1.48. The lowest BCUT2D eigenvalue weighted by molar-refractivity contribution is 0.300. The van der Waals surface area contributed by atoms with Gasteiger partial charge < -0.3 is 0 Å². The predicted octanol–water partition coefficient (Wildman–Crippen LogP) is 6.82. The van der Waals surface area contributed by atoms with Gasteiger partial charge in [0.05, 0.1) is 0 Å². The van der Waals surface area contributed by atoms with Crippen LogP contribution in [0.25, 0.3) is 0 Å². The van der Waals surface area contributed by atoms with Crippen LogP contribution in [-0.2, 0) is 0 Å². The zero-order valence-corrected chi connectivity index (χ0v) is 14.4. The summed E-state index contributed by atoms with van der Waals surface area (Å²) in [6.45, 7) is 0. The largest absolute Gasteiger partial charge is 0.0842 e. The minimum Gasteiger partial charge on any atom is -0.0842 e. The Kier molecular flexibility index (Phi) is 4.47. The van der Waals surface area contributed by atoms with E-state index < -0.39 is 0 Å². The predicted molar refractivity (Wildman–Crippen MR) is 94.8 cm³/mol. The lowest BCUT2D eigenvalue weighted by Gasteiger charge is -2.33. The van der Waals surface area contributed by atoms with Gasteiger partial charge in [0.2, 0.25) is 0 Å². The molecule has 3 unspecified atom stereocenters. The van der Waals surface area contributed by atoms with Crippen LogP contribution >= 0.6 is 0 Å². The van der Waals surface area contributed by atoms with E-state index in [-0.39, 0.29) is 0 Å². The zero-order chi connectivity index (χ0) is 14.8. The van der Waals surface area contributed by atoms with E-state index in [4.69, 9.17) is 0 Å². The summed E-state index contributed by atoms with van der Waals surface area (Å²) in [5.41, 5.74) is 2.38. The summed E-state index contributed by atoms with van der Waals surface area (Å²) in [7, 11) is 0. The van der Waals surface area contributed by atoms with Crippen molar-refractivity contribution in [1.82, 2.24) is 0 Å². The molecule has 22 heavy (non-hydrogen) atoms. The molecule has 4 rings (SSSR count). The molecule has 0 saturated heterocycles. The fourth-order valence-electron chi connectivity index (χ4n) is 6.08. The molecule has 122 valence electrons. The van der Waals surface area contributed by atoms with Crippen molar-refractivity contribution < 1.29 is 0 Å². The molecule has 3 saturated carbocycles. The maximum absolute atomic E-state index is 2.69. The van der Waals surface area contributed by atoms with Crippen LogP contribution in [0.15, 0.2) is 23.8 Å². The van der Waals surface area contributed by atoms with Crippen molar-refractivity contribution in [2.75, 3.05) is 0 Å². The van der Waals surface area contributed by atoms with E-state index >= 15 is 0 Å². The summed E-state index contributed by atoms with van der Waals surface area (Å²) in [5.74, 6) is 3.09. The van der Waals surface area contributed by atoms with E-state index in [0.717, 1.165) is 17.8 Å². The fraction of sp³-hybridized carbons (Fsp3) is 0.818. The van der Waals surface area contributed by atoms with E-state index in [9.17, 15) is 0 Å². The highest BCUT2D eigenvalue weighted by molar-refractivity contribution is 5.18. The Hall–Kier alpha value is -0.520. The highest BCUT2D eigenvalue weighted by Gasteiger charge is 2.43. The maximum atomic E-state index is 2.69. The molecule has 0 N–H and O–H groups in total. The minimum atomic E-state index is 0.592. The summed E-state index contributed by atoms with van der Waals surface area (Å²) in [6.07, 6.45) is 28.5. The van der Waals surface area contributed by atoms with E-state index in [1.807, 2.05) is 0 Å². The third-order valence-corrected chi connectivity index (χ3v) is 7.42. The van der Waals surface area contributed by atoms with Crippen LogP contribution in [-0.4, -0.2) is 0 Å². The lowest BCUT2D eigenvalue weighted by atomic mass is 9.72.